The highest BCUT2D eigenvalue weighted by Crippen LogP contribution is 2.41. The van der Waals surface area contributed by atoms with Crippen LogP contribution in [0.3, 0.4) is 0 Å². The first-order valence-electron chi connectivity index (χ1n) is 11.2. The lowest BCUT2D eigenvalue weighted by Crippen LogP contribution is -2.24. The van der Waals surface area contributed by atoms with Crippen molar-refractivity contribution in [1.82, 2.24) is 0 Å². The summed E-state index contributed by atoms with van der Waals surface area (Å²) in [6, 6.07) is 25.6. The Morgan fingerprint density at radius 2 is 1.20 bits per heavy atom. The molecular weight excluding hydrogens is 368 g/mol. The van der Waals surface area contributed by atoms with Crippen molar-refractivity contribution in [2.24, 2.45) is 0 Å². The van der Waals surface area contributed by atoms with Gasteiger partial charge in [-0.05, 0) is 28.7 Å². The first kappa shape index (κ1) is 25.3. The molecule has 1 N–H and O–H groups in total. The smallest absolute Gasteiger partial charge is 0.166 e. The van der Waals surface area contributed by atoms with E-state index in [1.807, 2.05) is 102 Å². The molecule has 1 unspecified atom stereocenters. The number of Topliss-reactive ketones (excluding diaryl/α,β-unsaturated/α-hetero) is 1. The average Bonchev–Trinajstić information content (AvgIpc) is 3.10. The largest absolute Gasteiger partial charge is 0.380 e. The molecule has 0 bridgehead atoms. The molecule has 0 aliphatic heterocycles. The van der Waals surface area contributed by atoms with E-state index in [0.29, 0.717) is 11.1 Å². The fourth-order valence-electron chi connectivity index (χ4n) is 3.50. The highest BCUT2D eigenvalue weighted by atomic mass is 16.3. The van der Waals surface area contributed by atoms with Gasteiger partial charge in [0.05, 0.1) is 0 Å². The van der Waals surface area contributed by atoms with E-state index in [0.717, 1.165) is 12.0 Å². The summed E-state index contributed by atoms with van der Waals surface area (Å²) in [4.78, 5) is 12.2. The molecule has 0 saturated carbocycles. The third-order valence-corrected chi connectivity index (χ3v) is 4.77. The van der Waals surface area contributed by atoms with Crippen molar-refractivity contribution in [2.75, 3.05) is 0 Å². The van der Waals surface area contributed by atoms with Gasteiger partial charge in [0.15, 0.2) is 5.78 Å². The van der Waals surface area contributed by atoms with Gasteiger partial charge in [-0.2, -0.15) is 0 Å². The predicted octanol–water partition coefficient (Wildman–Crippen LogP) is 7.18. The van der Waals surface area contributed by atoms with Gasteiger partial charge in [0.2, 0.25) is 0 Å². The van der Waals surface area contributed by atoms with Gasteiger partial charge in [-0.15, -0.1) is 0 Å². The van der Waals surface area contributed by atoms with Crippen LogP contribution in [-0.2, 0) is 12.0 Å². The molecule has 0 radical (unpaired) electrons. The second-order valence-electron chi connectivity index (χ2n) is 6.37. The maximum Gasteiger partial charge on any atom is 0.166 e. The van der Waals surface area contributed by atoms with E-state index in [9.17, 15) is 9.90 Å². The second kappa shape index (κ2) is 12.8. The number of carbonyl (C=O) groups excluding carboxylic acids is 1. The van der Waals surface area contributed by atoms with Crippen LogP contribution in [0.4, 0.5) is 0 Å². The summed E-state index contributed by atoms with van der Waals surface area (Å²) in [6.07, 6.45) is 0.972. The van der Waals surface area contributed by atoms with Crippen molar-refractivity contribution in [3.05, 3.63) is 107 Å². The first-order chi connectivity index (χ1) is 14.7. The van der Waals surface area contributed by atoms with Crippen LogP contribution in [0.2, 0.25) is 0 Å². The Labute approximate surface area is 182 Å². The van der Waals surface area contributed by atoms with Crippen LogP contribution in [-0.4, -0.2) is 10.9 Å². The van der Waals surface area contributed by atoms with Gasteiger partial charge in [-0.3, -0.25) is 4.79 Å². The quantitative estimate of drug-likeness (QED) is 0.502. The van der Waals surface area contributed by atoms with E-state index >= 15 is 0 Å². The lowest BCUT2D eigenvalue weighted by molar-refractivity contribution is 0.0686. The van der Waals surface area contributed by atoms with Gasteiger partial charge < -0.3 is 5.11 Å². The zero-order chi connectivity index (χ0) is 22.6. The van der Waals surface area contributed by atoms with Crippen molar-refractivity contribution < 1.29 is 9.90 Å². The van der Waals surface area contributed by atoms with Gasteiger partial charge in [-0.1, -0.05) is 120 Å². The zero-order valence-electron chi connectivity index (χ0n) is 19.3. The Hall–Kier alpha value is -2.71. The normalized spacial score (nSPS) is 16.0. The van der Waals surface area contributed by atoms with Crippen LogP contribution in [0.1, 0.15) is 80.6 Å². The molecule has 1 aliphatic rings. The molecule has 1 aliphatic carbocycles. The molecule has 0 fully saturated rings. The van der Waals surface area contributed by atoms with Crippen LogP contribution in [0.5, 0.6) is 0 Å². The van der Waals surface area contributed by atoms with E-state index in [-0.39, 0.29) is 12.2 Å². The minimum Gasteiger partial charge on any atom is -0.380 e. The van der Waals surface area contributed by atoms with Gasteiger partial charge in [-0.25, -0.2) is 0 Å². The number of hydrogen-bond acceptors (Lipinski definition) is 2. The molecule has 1 atom stereocenters. The number of rotatable bonds is 3. The minimum atomic E-state index is -1.21. The lowest BCUT2D eigenvalue weighted by atomic mass is 9.87. The fraction of sp³-hybridized carbons (Fsp3) is 0.321. The topological polar surface area (TPSA) is 37.3 Å². The third-order valence-electron chi connectivity index (χ3n) is 4.77. The van der Waals surface area contributed by atoms with Gasteiger partial charge in [0, 0.05) is 12.0 Å². The van der Waals surface area contributed by atoms with Crippen molar-refractivity contribution in [1.29, 1.82) is 0 Å². The Balaban J connectivity index is 0.000000691. The standard InChI is InChI=1S/C22H18O2.3C2H6/c23-21-15-22(24,20-9-5-4-8-19(20)21)18-12-10-17(11-13-18)14-16-6-2-1-3-7-16;3*1-2/h1-13,24H,14-15H2;3*1-2H3. The number of hydrogen-bond donors (Lipinski definition) is 1. The molecule has 30 heavy (non-hydrogen) atoms. The van der Waals surface area contributed by atoms with Crippen LogP contribution >= 0.6 is 0 Å². The summed E-state index contributed by atoms with van der Waals surface area (Å²) in [5.41, 5.74) is 3.35. The average molecular weight is 405 g/mol. The van der Waals surface area contributed by atoms with Crippen molar-refractivity contribution in [2.45, 2.75) is 60.0 Å². The molecule has 3 aromatic rings. The van der Waals surface area contributed by atoms with E-state index in [1.54, 1.807) is 6.07 Å². The number of ketones is 1. The zero-order valence-corrected chi connectivity index (χ0v) is 19.3. The fourth-order valence-corrected chi connectivity index (χ4v) is 3.50. The summed E-state index contributed by atoms with van der Waals surface area (Å²) in [7, 11) is 0. The van der Waals surface area contributed by atoms with Crippen molar-refractivity contribution in [3.8, 4) is 0 Å². The maximum absolute atomic E-state index is 12.2. The summed E-state index contributed by atoms with van der Waals surface area (Å²) in [6.45, 7) is 12.0. The van der Waals surface area contributed by atoms with E-state index < -0.39 is 5.60 Å². The highest BCUT2D eigenvalue weighted by Gasteiger charge is 2.42. The molecule has 0 heterocycles. The van der Waals surface area contributed by atoms with Crippen LogP contribution in [0.15, 0.2) is 78.9 Å². The van der Waals surface area contributed by atoms with Crippen molar-refractivity contribution in [3.63, 3.8) is 0 Å². The maximum atomic E-state index is 12.2. The molecule has 0 saturated heterocycles. The number of carbonyl (C=O) groups is 1. The SMILES string of the molecule is CC.CC.CC.O=C1CC(O)(c2ccc(Cc3ccccc3)cc2)c2ccccc21. The predicted molar refractivity (Wildman–Crippen MR) is 128 cm³/mol. The molecule has 160 valence electrons. The minimum absolute atomic E-state index is 0.00135. The van der Waals surface area contributed by atoms with Gasteiger partial charge in [0.1, 0.15) is 5.60 Å². The summed E-state index contributed by atoms with van der Waals surface area (Å²) >= 11 is 0. The molecular formula is C28H36O2. The van der Waals surface area contributed by atoms with Crippen molar-refractivity contribution >= 4 is 5.78 Å². The molecule has 0 amide bonds. The Bertz CT molecular complexity index is 882. The Kier molecular flexibility index (Phi) is 10.8. The molecule has 2 nitrogen and oxygen atoms in total. The molecule has 3 aromatic carbocycles. The van der Waals surface area contributed by atoms with E-state index in [1.165, 1.54) is 11.1 Å². The number of benzene rings is 3. The highest BCUT2D eigenvalue weighted by molar-refractivity contribution is 6.02. The first-order valence-corrected chi connectivity index (χ1v) is 11.2. The lowest BCUT2D eigenvalue weighted by Gasteiger charge is -2.24. The molecule has 0 aromatic heterocycles. The second-order valence-corrected chi connectivity index (χ2v) is 6.37. The van der Waals surface area contributed by atoms with E-state index in [2.05, 4.69) is 12.1 Å². The van der Waals surface area contributed by atoms with Gasteiger partial charge >= 0.3 is 0 Å². The molecule has 2 heteroatoms. The van der Waals surface area contributed by atoms with Crippen LogP contribution < -0.4 is 0 Å². The monoisotopic (exact) mass is 404 g/mol. The Morgan fingerprint density at radius 3 is 1.80 bits per heavy atom. The molecule has 0 spiro atoms. The summed E-state index contributed by atoms with van der Waals surface area (Å²) < 4.78 is 0. The molecule has 4 rings (SSSR count). The van der Waals surface area contributed by atoms with Crippen LogP contribution in [0.25, 0.3) is 0 Å². The number of aliphatic hydroxyl groups is 1. The Morgan fingerprint density at radius 1 is 0.700 bits per heavy atom. The third kappa shape index (κ3) is 5.67. The summed E-state index contributed by atoms with van der Waals surface area (Å²) in [5.74, 6) is 0.00135. The summed E-state index contributed by atoms with van der Waals surface area (Å²) in [5, 5.41) is 11.1. The van der Waals surface area contributed by atoms with Crippen LogP contribution in [0, 0.1) is 0 Å². The van der Waals surface area contributed by atoms with E-state index in [4.69, 9.17) is 0 Å². The van der Waals surface area contributed by atoms with Gasteiger partial charge in [0.25, 0.3) is 0 Å². The number of fused-ring (bicyclic) bond motifs is 1.